The van der Waals surface area contributed by atoms with Crippen LogP contribution in [0.25, 0.3) is 0 Å². The lowest BCUT2D eigenvalue weighted by Crippen LogP contribution is -2.33. The topological polar surface area (TPSA) is 104 Å². The minimum absolute atomic E-state index is 0.0180. The van der Waals surface area contributed by atoms with E-state index in [2.05, 4.69) is 5.32 Å². The van der Waals surface area contributed by atoms with Crippen LogP contribution in [0.4, 0.5) is 5.69 Å². The van der Waals surface area contributed by atoms with Gasteiger partial charge in [-0.1, -0.05) is 18.2 Å². The Hall–Kier alpha value is -2.27. The van der Waals surface area contributed by atoms with Crippen molar-refractivity contribution in [1.82, 2.24) is 8.61 Å². The molecule has 0 saturated heterocycles. The molecule has 0 aliphatic heterocycles. The van der Waals surface area contributed by atoms with Crippen LogP contribution in [0, 0.1) is 0 Å². The van der Waals surface area contributed by atoms with Gasteiger partial charge in [-0.3, -0.25) is 4.79 Å². The monoisotopic (exact) mass is 439 g/mol. The molecular formula is C19H25N3O5S2. The first-order chi connectivity index (χ1) is 13.4. The van der Waals surface area contributed by atoms with Crippen molar-refractivity contribution in [3.8, 4) is 0 Å². The number of hydrogen-bond acceptors (Lipinski definition) is 5. The molecular weight excluding hydrogens is 414 g/mol. The average Bonchev–Trinajstić information content (AvgIpc) is 2.67. The van der Waals surface area contributed by atoms with Gasteiger partial charge in [0.2, 0.25) is 20.0 Å². The maximum absolute atomic E-state index is 12.7. The largest absolute Gasteiger partial charge is 0.321 e. The molecule has 2 aromatic carbocycles. The maximum Gasteiger partial charge on any atom is 0.255 e. The lowest BCUT2D eigenvalue weighted by Gasteiger charge is -2.21. The minimum Gasteiger partial charge on any atom is -0.321 e. The van der Waals surface area contributed by atoms with Crippen molar-refractivity contribution in [2.24, 2.45) is 0 Å². The maximum atomic E-state index is 12.7. The standard InChI is InChI=1S/C19H25N3O5S2/c1-14(2)22(5)28(24,25)16-10-8-9-15(13-16)19(23)20-17-11-6-7-12-18(17)29(26,27)21(3)4/h6-14H,1-5H3,(H,20,23). The zero-order valence-corrected chi connectivity index (χ0v) is 18.6. The Balaban J connectivity index is 2.40. The van der Waals surface area contributed by atoms with Crippen molar-refractivity contribution in [2.45, 2.75) is 29.7 Å². The second kappa shape index (κ2) is 8.62. The van der Waals surface area contributed by atoms with Gasteiger partial charge in [-0.25, -0.2) is 21.1 Å². The third kappa shape index (κ3) is 4.84. The summed E-state index contributed by atoms with van der Waals surface area (Å²) in [5.74, 6) is -0.615. The van der Waals surface area contributed by atoms with E-state index in [9.17, 15) is 21.6 Å². The molecule has 0 saturated carbocycles. The normalized spacial score (nSPS) is 12.6. The van der Waals surface area contributed by atoms with E-state index in [1.54, 1.807) is 26.0 Å². The van der Waals surface area contributed by atoms with Crippen LogP contribution in [0.3, 0.4) is 0 Å². The predicted octanol–water partition coefficient (Wildman–Crippen LogP) is 2.22. The van der Waals surface area contributed by atoms with Gasteiger partial charge in [-0.2, -0.15) is 4.31 Å². The molecule has 158 valence electrons. The van der Waals surface area contributed by atoms with Crippen LogP contribution in [0.15, 0.2) is 58.3 Å². The number of carbonyl (C=O) groups excluding carboxylic acids is 1. The fourth-order valence-corrected chi connectivity index (χ4v) is 4.88. The number of para-hydroxylation sites is 1. The molecule has 29 heavy (non-hydrogen) atoms. The van der Waals surface area contributed by atoms with Gasteiger partial charge < -0.3 is 5.32 Å². The number of nitrogens with one attached hydrogen (secondary N) is 1. The molecule has 0 spiro atoms. The third-order valence-corrected chi connectivity index (χ3v) is 8.30. The molecule has 0 heterocycles. The molecule has 8 nitrogen and oxygen atoms in total. The highest BCUT2D eigenvalue weighted by atomic mass is 32.2. The van der Waals surface area contributed by atoms with Crippen molar-refractivity contribution in [3.05, 3.63) is 54.1 Å². The Labute approximate surface area is 172 Å². The zero-order chi connectivity index (χ0) is 22.0. The zero-order valence-electron chi connectivity index (χ0n) is 16.9. The number of rotatable bonds is 7. The summed E-state index contributed by atoms with van der Waals surface area (Å²) < 4.78 is 52.6. The van der Waals surface area contributed by atoms with E-state index in [1.807, 2.05) is 0 Å². The highest BCUT2D eigenvalue weighted by molar-refractivity contribution is 7.89. The van der Waals surface area contributed by atoms with Crippen LogP contribution < -0.4 is 5.32 Å². The molecule has 0 aliphatic rings. The molecule has 1 N–H and O–H groups in total. The highest BCUT2D eigenvalue weighted by Crippen LogP contribution is 2.24. The Bertz CT molecular complexity index is 1110. The second-order valence-corrected chi connectivity index (χ2v) is 11.0. The quantitative estimate of drug-likeness (QED) is 0.712. The molecule has 10 heteroatoms. The van der Waals surface area contributed by atoms with Crippen LogP contribution in [0.5, 0.6) is 0 Å². The van der Waals surface area contributed by atoms with Gasteiger partial charge in [0.1, 0.15) is 4.90 Å². The van der Waals surface area contributed by atoms with E-state index in [0.29, 0.717) is 0 Å². The second-order valence-electron chi connectivity index (χ2n) is 6.88. The fourth-order valence-electron chi connectivity index (χ4n) is 2.43. The summed E-state index contributed by atoms with van der Waals surface area (Å²) >= 11 is 0. The summed E-state index contributed by atoms with van der Waals surface area (Å²) in [4.78, 5) is 12.6. The van der Waals surface area contributed by atoms with E-state index in [-0.39, 0.29) is 27.1 Å². The molecule has 0 aromatic heterocycles. The number of benzene rings is 2. The lowest BCUT2D eigenvalue weighted by molar-refractivity contribution is 0.102. The summed E-state index contributed by atoms with van der Waals surface area (Å²) in [6.07, 6.45) is 0. The van der Waals surface area contributed by atoms with Crippen molar-refractivity contribution in [3.63, 3.8) is 0 Å². The van der Waals surface area contributed by atoms with Crippen LogP contribution in [0.2, 0.25) is 0 Å². The molecule has 0 atom stereocenters. The number of hydrogen-bond donors (Lipinski definition) is 1. The van der Waals surface area contributed by atoms with Crippen molar-refractivity contribution in [2.75, 3.05) is 26.5 Å². The van der Waals surface area contributed by atoms with Crippen LogP contribution >= 0.6 is 0 Å². The smallest absolute Gasteiger partial charge is 0.255 e. The Morgan fingerprint density at radius 1 is 0.897 bits per heavy atom. The first-order valence-electron chi connectivity index (χ1n) is 8.80. The van der Waals surface area contributed by atoms with Crippen molar-refractivity contribution >= 4 is 31.6 Å². The third-order valence-electron chi connectivity index (χ3n) is 4.39. The molecule has 0 unspecified atom stereocenters. The Kier molecular flexibility index (Phi) is 6.84. The summed E-state index contributed by atoms with van der Waals surface area (Å²) in [5.41, 5.74) is 0.207. The molecule has 0 fully saturated rings. The number of sulfonamides is 2. The van der Waals surface area contributed by atoms with Gasteiger partial charge in [0.05, 0.1) is 10.6 Å². The van der Waals surface area contributed by atoms with E-state index >= 15 is 0 Å². The SMILES string of the molecule is CC(C)N(C)S(=O)(=O)c1cccc(C(=O)Nc2ccccc2S(=O)(=O)N(C)C)c1. The molecule has 1 amide bonds. The van der Waals surface area contributed by atoms with Gasteiger partial charge in [0.15, 0.2) is 0 Å². The van der Waals surface area contributed by atoms with Gasteiger partial charge in [-0.05, 0) is 44.2 Å². The molecule has 2 rings (SSSR count). The molecule has 0 radical (unpaired) electrons. The Morgan fingerprint density at radius 2 is 1.52 bits per heavy atom. The fraction of sp³-hybridized carbons (Fsp3) is 0.316. The van der Waals surface area contributed by atoms with Gasteiger partial charge >= 0.3 is 0 Å². The number of amides is 1. The summed E-state index contributed by atoms with van der Waals surface area (Å²) in [7, 11) is -3.27. The van der Waals surface area contributed by atoms with Gasteiger partial charge in [0.25, 0.3) is 5.91 Å². The molecule has 0 aliphatic carbocycles. The van der Waals surface area contributed by atoms with Crippen molar-refractivity contribution < 1.29 is 21.6 Å². The number of anilines is 1. The van der Waals surface area contributed by atoms with Crippen LogP contribution in [0.1, 0.15) is 24.2 Å². The summed E-state index contributed by atoms with van der Waals surface area (Å²) in [6.45, 7) is 3.49. The Morgan fingerprint density at radius 3 is 2.10 bits per heavy atom. The van der Waals surface area contributed by atoms with E-state index in [4.69, 9.17) is 0 Å². The average molecular weight is 440 g/mol. The van der Waals surface area contributed by atoms with E-state index in [1.165, 1.54) is 61.8 Å². The lowest BCUT2D eigenvalue weighted by atomic mass is 10.2. The van der Waals surface area contributed by atoms with E-state index in [0.717, 1.165) is 4.31 Å². The predicted molar refractivity (Wildman–Crippen MR) is 112 cm³/mol. The number of nitrogens with zero attached hydrogens (tertiary/aromatic N) is 2. The van der Waals surface area contributed by atoms with Crippen LogP contribution in [-0.4, -0.2) is 58.5 Å². The first kappa shape index (κ1) is 23.0. The van der Waals surface area contributed by atoms with Crippen LogP contribution in [-0.2, 0) is 20.0 Å². The number of carbonyl (C=O) groups is 1. The molecule has 2 aromatic rings. The van der Waals surface area contributed by atoms with Crippen molar-refractivity contribution in [1.29, 1.82) is 0 Å². The van der Waals surface area contributed by atoms with Gasteiger partial charge in [-0.15, -0.1) is 0 Å². The van der Waals surface area contributed by atoms with E-state index < -0.39 is 26.0 Å². The minimum atomic E-state index is -3.77. The molecule has 0 bridgehead atoms. The first-order valence-corrected chi connectivity index (χ1v) is 11.7. The van der Waals surface area contributed by atoms with Gasteiger partial charge in [0, 0.05) is 32.7 Å². The summed E-state index contributed by atoms with van der Waals surface area (Å²) in [6, 6.07) is 11.4. The summed E-state index contributed by atoms with van der Waals surface area (Å²) in [5, 5.41) is 2.57. The highest BCUT2D eigenvalue weighted by Gasteiger charge is 2.25.